The summed E-state index contributed by atoms with van der Waals surface area (Å²) in [6.45, 7) is 1.90. The van der Waals surface area contributed by atoms with E-state index in [9.17, 15) is 14.0 Å². The van der Waals surface area contributed by atoms with Gasteiger partial charge in [-0.1, -0.05) is 0 Å². The van der Waals surface area contributed by atoms with Gasteiger partial charge in [-0.3, -0.25) is 14.5 Å². The molecule has 0 spiro atoms. The molecule has 0 aliphatic heterocycles. The number of Topliss-reactive ketones (excluding diaryl/α,β-unsaturated/α-hetero) is 1. The normalized spacial score (nSPS) is 12.3. The van der Waals surface area contributed by atoms with Gasteiger partial charge in [0.1, 0.15) is 5.82 Å². The molecule has 0 aliphatic carbocycles. The lowest BCUT2D eigenvalue weighted by Gasteiger charge is -2.24. The number of nitrogens with zero attached hydrogens (tertiary/aromatic N) is 2. The van der Waals surface area contributed by atoms with Gasteiger partial charge in [-0.2, -0.15) is 0 Å². The van der Waals surface area contributed by atoms with Crippen LogP contribution in [0.1, 0.15) is 17.3 Å². The summed E-state index contributed by atoms with van der Waals surface area (Å²) in [4.78, 5) is 26.9. The lowest BCUT2D eigenvalue weighted by atomic mass is 10.0. The minimum atomic E-state index is -0.436. The van der Waals surface area contributed by atoms with Crippen molar-refractivity contribution in [3.63, 3.8) is 0 Å². The zero-order chi connectivity index (χ0) is 14.6. The van der Waals surface area contributed by atoms with E-state index in [-0.39, 0.29) is 24.1 Å². The fourth-order valence-corrected chi connectivity index (χ4v) is 1.55. The Morgan fingerprint density at radius 1 is 1.16 bits per heavy atom. The Labute approximate surface area is 112 Å². The zero-order valence-electron chi connectivity index (χ0n) is 11.7. The number of rotatable bonds is 5. The van der Waals surface area contributed by atoms with Crippen molar-refractivity contribution in [2.24, 2.45) is 0 Å². The van der Waals surface area contributed by atoms with Crippen molar-refractivity contribution in [1.82, 2.24) is 9.80 Å². The lowest BCUT2D eigenvalue weighted by Crippen LogP contribution is -2.42. The molecule has 0 aromatic heterocycles. The summed E-state index contributed by atoms with van der Waals surface area (Å²) < 4.78 is 12.8. The number of carbonyl (C=O) groups excluding carboxylic acids is 2. The van der Waals surface area contributed by atoms with Crippen molar-refractivity contribution in [3.05, 3.63) is 35.6 Å². The fourth-order valence-electron chi connectivity index (χ4n) is 1.55. The number of hydrogen-bond acceptors (Lipinski definition) is 3. The van der Waals surface area contributed by atoms with Crippen LogP contribution >= 0.6 is 0 Å². The van der Waals surface area contributed by atoms with E-state index in [2.05, 4.69) is 0 Å². The van der Waals surface area contributed by atoms with Crippen molar-refractivity contribution in [3.8, 4) is 0 Å². The van der Waals surface area contributed by atoms with Gasteiger partial charge in [0.15, 0.2) is 5.78 Å². The number of benzene rings is 1. The molecule has 0 saturated carbocycles. The molecule has 0 saturated heterocycles. The Bertz CT molecular complexity index is 457. The number of ketones is 1. The fraction of sp³-hybridized carbons (Fsp3) is 0.429. The molecule has 1 rings (SSSR count). The molecule has 5 heteroatoms. The standard InChI is InChI=1S/C14H19FN2O2/c1-10(17(4)9-13(18)16(2)3)14(19)11-5-7-12(15)8-6-11/h5-8,10H,9H2,1-4H3. The van der Waals surface area contributed by atoms with E-state index in [1.165, 1.54) is 29.2 Å². The van der Waals surface area contributed by atoms with Crippen LogP contribution in [0.2, 0.25) is 0 Å². The molecule has 0 bridgehead atoms. The van der Waals surface area contributed by atoms with E-state index >= 15 is 0 Å². The van der Waals surface area contributed by atoms with Gasteiger partial charge in [0, 0.05) is 19.7 Å². The summed E-state index contributed by atoms with van der Waals surface area (Å²) in [5.74, 6) is -0.573. The van der Waals surface area contributed by atoms with Crippen molar-refractivity contribution in [2.45, 2.75) is 13.0 Å². The van der Waals surface area contributed by atoms with Gasteiger partial charge in [-0.25, -0.2) is 4.39 Å². The summed E-state index contributed by atoms with van der Waals surface area (Å²) in [6, 6.07) is 4.98. The average molecular weight is 266 g/mol. The Morgan fingerprint density at radius 2 is 1.68 bits per heavy atom. The highest BCUT2D eigenvalue weighted by Crippen LogP contribution is 2.09. The maximum atomic E-state index is 12.8. The van der Waals surface area contributed by atoms with Crippen molar-refractivity contribution in [1.29, 1.82) is 0 Å². The summed E-state index contributed by atoms with van der Waals surface area (Å²) in [7, 11) is 5.05. The van der Waals surface area contributed by atoms with Gasteiger partial charge < -0.3 is 4.90 Å². The second-order valence-electron chi connectivity index (χ2n) is 4.75. The minimum Gasteiger partial charge on any atom is -0.348 e. The second-order valence-corrected chi connectivity index (χ2v) is 4.75. The maximum absolute atomic E-state index is 12.8. The van der Waals surface area contributed by atoms with Crippen LogP contribution in [0.5, 0.6) is 0 Å². The molecule has 1 unspecified atom stereocenters. The van der Waals surface area contributed by atoms with Crippen molar-refractivity contribution < 1.29 is 14.0 Å². The highest BCUT2D eigenvalue weighted by atomic mass is 19.1. The summed E-state index contributed by atoms with van der Waals surface area (Å²) >= 11 is 0. The molecule has 1 aromatic carbocycles. The van der Waals surface area contributed by atoms with E-state index in [4.69, 9.17) is 0 Å². The van der Waals surface area contributed by atoms with Crippen molar-refractivity contribution in [2.75, 3.05) is 27.7 Å². The Morgan fingerprint density at radius 3 is 2.16 bits per heavy atom. The first-order chi connectivity index (χ1) is 8.82. The summed E-state index contributed by atoms with van der Waals surface area (Å²) in [5, 5.41) is 0. The molecule has 1 amide bonds. The highest BCUT2D eigenvalue weighted by Gasteiger charge is 2.21. The number of hydrogen-bond donors (Lipinski definition) is 0. The second kappa shape index (κ2) is 6.43. The van der Waals surface area contributed by atoms with Crippen LogP contribution in [0.3, 0.4) is 0 Å². The molecule has 4 nitrogen and oxygen atoms in total. The first-order valence-corrected chi connectivity index (χ1v) is 6.03. The first kappa shape index (κ1) is 15.3. The molecule has 0 aliphatic rings. The maximum Gasteiger partial charge on any atom is 0.236 e. The third kappa shape index (κ3) is 4.13. The molecule has 0 radical (unpaired) electrons. The van der Waals surface area contributed by atoms with Crippen LogP contribution < -0.4 is 0 Å². The highest BCUT2D eigenvalue weighted by molar-refractivity contribution is 6.00. The van der Waals surface area contributed by atoms with Crippen LogP contribution in [-0.2, 0) is 4.79 Å². The average Bonchev–Trinajstić information content (AvgIpc) is 2.37. The molecular weight excluding hydrogens is 247 g/mol. The van der Waals surface area contributed by atoms with Gasteiger partial charge in [0.05, 0.1) is 12.6 Å². The van der Waals surface area contributed by atoms with E-state index in [1.807, 2.05) is 0 Å². The third-order valence-electron chi connectivity index (χ3n) is 3.05. The first-order valence-electron chi connectivity index (χ1n) is 6.03. The van der Waals surface area contributed by atoms with E-state index in [0.717, 1.165) is 0 Å². The van der Waals surface area contributed by atoms with Crippen LogP contribution in [0.25, 0.3) is 0 Å². The molecule has 0 heterocycles. The van der Waals surface area contributed by atoms with Gasteiger partial charge in [-0.15, -0.1) is 0 Å². The lowest BCUT2D eigenvalue weighted by molar-refractivity contribution is -0.129. The number of halogens is 1. The summed E-state index contributed by atoms with van der Waals surface area (Å²) in [5.41, 5.74) is 0.443. The van der Waals surface area contributed by atoms with Crippen LogP contribution in [0.4, 0.5) is 4.39 Å². The van der Waals surface area contributed by atoms with Gasteiger partial charge in [0.25, 0.3) is 0 Å². The van der Waals surface area contributed by atoms with Gasteiger partial charge >= 0.3 is 0 Å². The quantitative estimate of drug-likeness (QED) is 0.757. The third-order valence-corrected chi connectivity index (χ3v) is 3.05. The van der Waals surface area contributed by atoms with E-state index < -0.39 is 6.04 Å². The topological polar surface area (TPSA) is 40.6 Å². The van der Waals surface area contributed by atoms with Crippen molar-refractivity contribution >= 4 is 11.7 Å². The number of carbonyl (C=O) groups is 2. The summed E-state index contributed by atoms with van der Waals surface area (Å²) in [6.07, 6.45) is 0. The molecule has 1 atom stereocenters. The van der Waals surface area contributed by atoms with E-state index in [1.54, 1.807) is 33.0 Å². The molecule has 19 heavy (non-hydrogen) atoms. The number of likely N-dealkylation sites (N-methyl/N-ethyl adjacent to an activating group) is 2. The molecule has 0 fully saturated rings. The smallest absolute Gasteiger partial charge is 0.236 e. The monoisotopic (exact) mass is 266 g/mol. The SMILES string of the molecule is CC(C(=O)c1ccc(F)cc1)N(C)CC(=O)N(C)C. The molecule has 1 aromatic rings. The predicted molar refractivity (Wildman–Crippen MR) is 71.5 cm³/mol. The van der Waals surface area contributed by atoms with Gasteiger partial charge in [-0.05, 0) is 38.2 Å². The van der Waals surface area contributed by atoms with Crippen LogP contribution in [0.15, 0.2) is 24.3 Å². The number of amides is 1. The predicted octanol–water partition coefficient (Wildman–Crippen LogP) is 1.42. The Kier molecular flexibility index (Phi) is 5.18. The molecule has 104 valence electrons. The minimum absolute atomic E-state index is 0.0683. The van der Waals surface area contributed by atoms with Crippen LogP contribution in [0, 0.1) is 5.82 Å². The Balaban J connectivity index is 2.71. The van der Waals surface area contributed by atoms with Gasteiger partial charge in [0.2, 0.25) is 5.91 Å². The zero-order valence-corrected chi connectivity index (χ0v) is 11.7. The van der Waals surface area contributed by atoms with Crippen LogP contribution in [-0.4, -0.2) is 55.2 Å². The van der Waals surface area contributed by atoms with E-state index in [0.29, 0.717) is 5.56 Å². The molecule has 0 N–H and O–H groups in total. The largest absolute Gasteiger partial charge is 0.348 e. The Hall–Kier alpha value is -1.75. The molecular formula is C14H19FN2O2.